The number of nitrogens with zero attached hydrogens (tertiary/aromatic N) is 1. The zero-order valence-corrected chi connectivity index (χ0v) is 6.74. The Labute approximate surface area is 73.3 Å². The lowest BCUT2D eigenvalue weighted by Gasteiger charge is -1.90. The highest BCUT2D eigenvalue weighted by atomic mass is 16.5. The van der Waals surface area contributed by atoms with Gasteiger partial charge in [0.1, 0.15) is 11.5 Å². The lowest BCUT2D eigenvalue weighted by molar-refractivity contribution is -0.136. The molecule has 68 valence electrons. The maximum absolute atomic E-state index is 11.2. The van der Waals surface area contributed by atoms with Gasteiger partial charge in [0.15, 0.2) is 5.78 Å². The molecule has 1 aromatic rings. The van der Waals surface area contributed by atoms with Crippen molar-refractivity contribution in [2.45, 2.75) is 19.3 Å². The number of carbonyl (C=O) groups is 2. The average Bonchev–Trinajstić information content (AvgIpc) is 2.56. The monoisotopic (exact) mass is 181 g/mol. The second-order valence-electron chi connectivity index (χ2n) is 2.92. The summed E-state index contributed by atoms with van der Waals surface area (Å²) in [4.78, 5) is 21.6. The summed E-state index contributed by atoms with van der Waals surface area (Å²) in [5.41, 5.74) is 0.646. The molecule has 0 unspecified atom stereocenters. The first-order valence-corrected chi connectivity index (χ1v) is 3.91. The van der Waals surface area contributed by atoms with Gasteiger partial charge >= 0.3 is 5.97 Å². The SMILES string of the molecule is O=C(O)Cc1noc2c1C(=O)CC2. The first kappa shape index (κ1) is 7.97. The second kappa shape index (κ2) is 2.69. The number of carboxylic acids is 1. The molecular formula is C8H7NO4. The number of Topliss-reactive ketones (excluding diaryl/α,β-unsaturated/α-hetero) is 1. The fraction of sp³-hybridized carbons (Fsp3) is 0.375. The Kier molecular flexibility index (Phi) is 1.65. The van der Waals surface area contributed by atoms with E-state index in [1.165, 1.54) is 0 Å². The minimum atomic E-state index is -1.00. The van der Waals surface area contributed by atoms with E-state index in [0.29, 0.717) is 24.2 Å². The Morgan fingerprint density at radius 3 is 3.00 bits per heavy atom. The average molecular weight is 181 g/mol. The molecule has 0 fully saturated rings. The van der Waals surface area contributed by atoms with Crippen LogP contribution in [0.25, 0.3) is 0 Å². The molecule has 0 radical (unpaired) electrons. The minimum absolute atomic E-state index is 0.0625. The molecule has 0 aliphatic heterocycles. The molecular weight excluding hydrogens is 174 g/mol. The van der Waals surface area contributed by atoms with Crippen molar-refractivity contribution >= 4 is 11.8 Å². The molecule has 0 saturated heterocycles. The van der Waals surface area contributed by atoms with E-state index in [9.17, 15) is 9.59 Å². The van der Waals surface area contributed by atoms with Gasteiger partial charge in [0.25, 0.3) is 0 Å². The van der Waals surface area contributed by atoms with Crippen molar-refractivity contribution in [2.24, 2.45) is 0 Å². The quantitative estimate of drug-likeness (QED) is 0.715. The van der Waals surface area contributed by atoms with Crippen LogP contribution >= 0.6 is 0 Å². The van der Waals surface area contributed by atoms with Crippen LogP contribution in [-0.4, -0.2) is 22.0 Å². The molecule has 0 amide bonds. The number of aryl methyl sites for hydroxylation is 1. The number of ketones is 1. The predicted octanol–water partition coefficient (Wildman–Crippen LogP) is 0.431. The molecule has 1 aliphatic rings. The Morgan fingerprint density at radius 2 is 2.31 bits per heavy atom. The highest BCUT2D eigenvalue weighted by Crippen LogP contribution is 2.25. The molecule has 5 heteroatoms. The number of rotatable bonds is 2. The van der Waals surface area contributed by atoms with Gasteiger partial charge in [-0.15, -0.1) is 0 Å². The highest BCUT2D eigenvalue weighted by Gasteiger charge is 2.29. The summed E-state index contributed by atoms with van der Waals surface area (Å²) in [5.74, 6) is -0.537. The third-order valence-corrected chi connectivity index (χ3v) is 2.01. The van der Waals surface area contributed by atoms with Crippen molar-refractivity contribution in [2.75, 3.05) is 0 Å². The van der Waals surface area contributed by atoms with E-state index in [4.69, 9.17) is 9.63 Å². The summed E-state index contributed by atoms with van der Waals surface area (Å²) in [6.07, 6.45) is 0.703. The van der Waals surface area contributed by atoms with Crippen LogP contribution in [0.1, 0.15) is 28.2 Å². The molecule has 1 N–H and O–H groups in total. The topological polar surface area (TPSA) is 80.4 Å². The number of aromatic nitrogens is 1. The van der Waals surface area contributed by atoms with Crippen LogP contribution in [0.3, 0.4) is 0 Å². The third-order valence-electron chi connectivity index (χ3n) is 2.01. The van der Waals surface area contributed by atoms with Crippen molar-refractivity contribution in [1.82, 2.24) is 5.16 Å². The number of carboxylic acid groups (broad SMARTS) is 1. The molecule has 0 bridgehead atoms. The Morgan fingerprint density at radius 1 is 1.54 bits per heavy atom. The zero-order chi connectivity index (χ0) is 9.42. The van der Waals surface area contributed by atoms with Crippen LogP contribution in [-0.2, 0) is 17.6 Å². The van der Waals surface area contributed by atoms with Crippen molar-refractivity contribution in [3.8, 4) is 0 Å². The Balaban J connectivity index is 2.38. The molecule has 2 rings (SSSR count). The Bertz CT molecular complexity index is 379. The summed E-state index contributed by atoms with van der Waals surface area (Å²) < 4.78 is 4.84. The van der Waals surface area contributed by atoms with E-state index < -0.39 is 5.97 Å². The lowest BCUT2D eigenvalue weighted by Crippen LogP contribution is -2.05. The predicted molar refractivity (Wildman–Crippen MR) is 40.5 cm³/mol. The molecule has 5 nitrogen and oxygen atoms in total. The van der Waals surface area contributed by atoms with Crippen LogP contribution in [0, 0.1) is 0 Å². The summed E-state index contributed by atoms with van der Waals surface area (Å²) in [7, 11) is 0. The first-order valence-electron chi connectivity index (χ1n) is 3.91. The van der Waals surface area contributed by atoms with Crippen LogP contribution in [0.15, 0.2) is 4.52 Å². The zero-order valence-electron chi connectivity index (χ0n) is 6.74. The molecule has 13 heavy (non-hydrogen) atoms. The molecule has 1 aliphatic carbocycles. The van der Waals surface area contributed by atoms with Crippen LogP contribution in [0.2, 0.25) is 0 Å². The van der Waals surface area contributed by atoms with Gasteiger partial charge in [-0.3, -0.25) is 9.59 Å². The number of carbonyl (C=O) groups excluding carboxylic acids is 1. The maximum Gasteiger partial charge on any atom is 0.309 e. The van der Waals surface area contributed by atoms with Crippen molar-refractivity contribution in [3.63, 3.8) is 0 Å². The van der Waals surface area contributed by atoms with Gasteiger partial charge in [0, 0.05) is 12.8 Å². The van der Waals surface area contributed by atoms with Crippen LogP contribution in [0.4, 0.5) is 0 Å². The normalized spacial score (nSPS) is 14.6. The molecule has 0 atom stereocenters. The van der Waals surface area contributed by atoms with Gasteiger partial charge in [-0.1, -0.05) is 5.16 Å². The van der Waals surface area contributed by atoms with Crippen LogP contribution in [0.5, 0.6) is 0 Å². The first-order chi connectivity index (χ1) is 6.18. The van der Waals surface area contributed by atoms with Gasteiger partial charge in [0.05, 0.1) is 12.0 Å². The number of aliphatic carboxylic acids is 1. The largest absolute Gasteiger partial charge is 0.481 e. The lowest BCUT2D eigenvalue weighted by atomic mass is 10.1. The second-order valence-corrected chi connectivity index (χ2v) is 2.92. The van der Waals surface area contributed by atoms with Crippen LogP contribution < -0.4 is 0 Å². The van der Waals surface area contributed by atoms with E-state index in [2.05, 4.69) is 5.16 Å². The summed E-state index contributed by atoms with van der Waals surface area (Å²) in [6, 6.07) is 0. The Hall–Kier alpha value is -1.65. The van der Waals surface area contributed by atoms with Gasteiger partial charge in [-0.05, 0) is 0 Å². The van der Waals surface area contributed by atoms with Gasteiger partial charge < -0.3 is 9.63 Å². The maximum atomic E-state index is 11.2. The van der Waals surface area contributed by atoms with Gasteiger partial charge in [-0.2, -0.15) is 0 Å². The summed E-state index contributed by atoms with van der Waals surface area (Å²) in [6.45, 7) is 0. The van der Waals surface area contributed by atoms with E-state index in [1.807, 2.05) is 0 Å². The van der Waals surface area contributed by atoms with E-state index >= 15 is 0 Å². The van der Waals surface area contributed by atoms with Gasteiger partial charge in [-0.25, -0.2) is 0 Å². The smallest absolute Gasteiger partial charge is 0.309 e. The molecule has 0 spiro atoms. The highest BCUT2D eigenvalue weighted by molar-refractivity contribution is 6.01. The number of hydrogen-bond donors (Lipinski definition) is 1. The molecule has 0 saturated carbocycles. The number of hydrogen-bond acceptors (Lipinski definition) is 4. The minimum Gasteiger partial charge on any atom is -0.481 e. The van der Waals surface area contributed by atoms with E-state index in [1.54, 1.807) is 0 Å². The van der Waals surface area contributed by atoms with Crippen molar-refractivity contribution in [1.29, 1.82) is 0 Å². The standard InChI is InChI=1S/C8H7NO4/c10-5-1-2-6-8(5)4(9-13-6)3-7(11)12/h1-3H2,(H,11,12). The fourth-order valence-electron chi connectivity index (χ4n) is 1.47. The molecule has 1 aromatic heterocycles. The van der Waals surface area contributed by atoms with Gasteiger partial charge in [0.2, 0.25) is 0 Å². The van der Waals surface area contributed by atoms with Crippen molar-refractivity contribution < 1.29 is 19.2 Å². The molecule has 0 aromatic carbocycles. The number of fused-ring (bicyclic) bond motifs is 1. The summed E-state index contributed by atoms with van der Waals surface area (Å²) in [5, 5.41) is 12.1. The molecule has 1 heterocycles. The third kappa shape index (κ3) is 1.22. The van der Waals surface area contributed by atoms with E-state index in [-0.39, 0.29) is 17.9 Å². The fourth-order valence-corrected chi connectivity index (χ4v) is 1.47. The summed E-state index contributed by atoms with van der Waals surface area (Å²) >= 11 is 0. The van der Waals surface area contributed by atoms with E-state index in [0.717, 1.165) is 0 Å². The van der Waals surface area contributed by atoms with Crippen molar-refractivity contribution in [3.05, 3.63) is 17.0 Å².